The van der Waals surface area contributed by atoms with Gasteiger partial charge in [0, 0.05) is 31.3 Å². The Bertz CT molecular complexity index is 777. The summed E-state index contributed by atoms with van der Waals surface area (Å²) >= 11 is 0. The lowest BCUT2D eigenvalue weighted by molar-refractivity contribution is -0.116. The van der Waals surface area contributed by atoms with Crippen molar-refractivity contribution in [1.82, 2.24) is 5.32 Å². The quantitative estimate of drug-likeness (QED) is 0.877. The Morgan fingerprint density at radius 2 is 1.76 bits per heavy atom. The molecule has 25 heavy (non-hydrogen) atoms. The van der Waals surface area contributed by atoms with E-state index >= 15 is 0 Å². The van der Waals surface area contributed by atoms with Crippen LogP contribution in [0.4, 0.5) is 5.69 Å². The summed E-state index contributed by atoms with van der Waals surface area (Å²) in [5.41, 5.74) is 1.74. The average Bonchev–Trinajstić information content (AvgIpc) is 2.65. The number of methoxy groups -OCH3 is 1. The molecule has 0 fully saturated rings. The van der Waals surface area contributed by atoms with Gasteiger partial charge in [-0.3, -0.25) is 9.59 Å². The number of amides is 2. The summed E-state index contributed by atoms with van der Waals surface area (Å²) in [6.45, 7) is 2.11. The van der Waals surface area contributed by atoms with E-state index < -0.39 is 0 Å². The Kier molecular flexibility index (Phi) is 6.13. The smallest absolute Gasteiger partial charge is 0.251 e. The summed E-state index contributed by atoms with van der Waals surface area (Å²) in [7, 11) is 1.56. The first-order valence-corrected chi connectivity index (χ1v) is 7.75. The summed E-state index contributed by atoms with van der Waals surface area (Å²) in [4.78, 5) is 25.5. The molecule has 0 heterocycles. The molecule has 6 nitrogen and oxygen atoms in total. The van der Waals surface area contributed by atoms with Crippen molar-refractivity contribution in [1.29, 1.82) is 5.26 Å². The second kappa shape index (κ2) is 8.50. The number of hydrogen-bond donors (Lipinski definition) is 1. The topological polar surface area (TPSA) is 82.4 Å². The van der Waals surface area contributed by atoms with Crippen LogP contribution in [0.15, 0.2) is 48.5 Å². The second-order valence-electron chi connectivity index (χ2n) is 5.31. The van der Waals surface area contributed by atoms with Gasteiger partial charge in [-0.2, -0.15) is 5.26 Å². The lowest BCUT2D eigenvalue weighted by Gasteiger charge is -2.21. The first-order valence-electron chi connectivity index (χ1n) is 7.75. The van der Waals surface area contributed by atoms with Gasteiger partial charge < -0.3 is 15.0 Å². The number of carbonyl (C=O) groups is 2. The lowest BCUT2D eigenvalue weighted by atomic mass is 10.2. The fraction of sp³-hybridized carbons (Fsp3) is 0.211. The molecule has 2 amide bonds. The summed E-state index contributed by atoms with van der Waals surface area (Å²) in [6, 6.07) is 15.6. The van der Waals surface area contributed by atoms with Crippen molar-refractivity contribution in [2.75, 3.05) is 25.1 Å². The lowest BCUT2D eigenvalue weighted by Crippen LogP contribution is -2.37. The minimum Gasteiger partial charge on any atom is -0.497 e. The molecule has 1 N–H and O–H groups in total. The molecule has 0 aliphatic rings. The number of anilines is 1. The van der Waals surface area contributed by atoms with Crippen molar-refractivity contribution in [3.8, 4) is 11.8 Å². The number of nitrogens with one attached hydrogen (secondary N) is 1. The number of benzene rings is 2. The van der Waals surface area contributed by atoms with Crippen LogP contribution in [0.2, 0.25) is 0 Å². The van der Waals surface area contributed by atoms with E-state index in [-0.39, 0.29) is 11.8 Å². The highest BCUT2D eigenvalue weighted by molar-refractivity contribution is 5.94. The molecule has 0 saturated carbocycles. The van der Waals surface area contributed by atoms with Gasteiger partial charge in [-0.25, -0.2) is 0 Å². The molecular formula is C19H19N3O3. The molecule has 0 spiro atoms. The predicted molar refractivity (Wildman–Crippen MR) is 94.5 cm³/mol. The molecule has 2 aromatic carbocycles. The zero-order valence-corrected chi connectivity index (χ0v) is 14.2. The summed E-state index contributed by atoms with van der Waals surface area (Å²) in [5, 5.41) is 11.6. The SMILES string of the molecule is COc1ccc(C(=O)NCCN(C(C)=O)c2ccc(C#N)cc2)cc1. The number of ether oxygens (including phenoxy) is 1. The van der Waals surface area contributed by atoms with E-state index in [0.717, 1.165) is 0 Å². The predicted octanol–water partition coefficient (Wildman–Crippen LogP) is 2.35. The molecule has 6 heteroatoms. The monoisotopic (exact) mass is 337 g/mol. The number of nitrogens with zero attached hydrogens (tertiary/aromatic N) is 2. The van der Waals surface area contributed by atoms with E-state index in [0.29, 0.717) is 35.7 Å². The Morgan fingerprint density at radius 3 is 2.28 bits per heavy atom. The minimum absolute atomic E-state index is 0.136. The van der Waals surface area contributed by atoms with Crippen molar-refractivity contribution >= 4 is 17.5 Å². The number of rotatable bonds is 6. The standard InChI is InChI=1S/C19H19N3O3/c1-14(23)22(17-7-3-15(13-20)4-8-17)12-11-21-19(24)16-5-9-18(25-2)10-6-16/h3-10H,11-12H2,1-2H3,(H,21,24). The van der Waals surface area contributed by atoms with E-state index in [9.17, 15) is 9.59 Å². The average molecular weight is 337 g/mol. The van der Waals surface area contributed by atoms with Crippen LogP contribution in [0.1, 0.15) is 22.8 Å². The van der Waals surface area contributed by atoms with Crippen LogP contribution in [0, 0.1) is 11.3 Å². The van der Waals surface area contributed by atoms with Crippen LogP contribution < -0.4 is 15.0 Å². The van der Waals surface area contributed by atoms with E-state index in [1.165, 1.54) is 6.92 Å². The van der Waals surface area contributed by atoms with E-state index in [2.05, 4.69) is 5.32 Å². The van der Waals surface area contributed by atoms with Crippen LogP contribution in [-0.4, -0.2) is 32.0 Å². The molecule has 128 valence electrons. The van der Waals surface area contributed by atoms with Crippen LogP contribution in [0.25, 0.3) is 0 Å². The molecule has 2 aromatic rings. The molecular weight excluding hydrogens is 318 g/mol. The fourth-order valence-corrected chi connectivity index (χ4v) is 2.31. The van der Waals surface area contributed by atoms with Gasteiger partial charge in [-0.1, -0.05) is 0 Å². The highest BCUT2D eigenvalue weighted by Gasteiger charge is 2.12. The van der Waals surface area contributed by atoms with Gasteiger partial charge in [0.05, 0.1) is 18.7 Å². The third-order valence-electron chi connectivity index (χ3n) is 3.66. The molecule has 0 aliphatic heterocycles. The highest BCUT2D eigenvalue weighted by Crippen LogP contribution is 2.15. The summed E-state index contributed by atoms with van der Waals surface area (Å²) in [6.07, 6.45) is 0. The van der Waals surface area contributed by atoms with Crippen molar-refractivity contribution in [2.24, 2.45) is 0 Å². The third-order valence-corrected chi connectivity index (χ3v) is 3.66. The van der Waals surface area contributed by atoms with E-state index in [1.54, 1.807) is 60.5 Å². The zero-order chi connectivity index (χ0) is 18.2. The molecule has 0 unspecified atom stereocenters. The van der Waals surface area contributed by atoms with Crippen molar-refractivity contribution in [2.45, 2.75) is 6.92 Å². The normalized spacial score (nSPS) is 9.80. The van der Waals surface area contributed by atoms with Gasteiger partial charge in [0.1, 0.15) is 5.75 Å². The molecule has 0 aliphatic carbocycles. The third kappa shape index (κ3) is 4.82. The van der Waals surface area contributed by atoms with Gasteiger partial charge in [0.2, 0.25) is 5.91 Å². The molecule has 2 rings (SSSR count). The van der Waals surface area contributed by atoms with Crippen molar-refractivity contribution < 1.29 is 14.3 Å². The van der Waals surface area contributed by atoms with Gasteiger partial charge >= 0.3 is 0 Å². The van der Waals surface area contributed by atoms with Crippen LogP contribution in [0.3, 0.4) is 0 Å². The minimum atomic E-state index is -0.217. The van der Waals surface area contributed by atoms with Crippen molar-refractivity contribution in [3.05, 3.63) is 59.7 Å². The zero-order valence-electron chi connectivity index (χ0n) is 14.2. The first kappa shape index (κ1) is 18.0. The Morgan fingerprint density at radius 1 is 1.12 bits per heavy atom. The molecule has 0 aromatic heterocycles. The van der Waals surface area contributed by atoms with Gasteiger partial charge in [-0.05, 0) is 48.5 Å². The van der Waals surface area contributed by atoms with E-state index in [1.807, 2.05) is 6.07 Å². The van der Waals surface area contributed by atoms with Crippen LogP contribution >= 0.6 is 0 Å². The molecule has 0 radical (unpaired) electrons. The number of nitriles is 1. The summed E-state index contributed by atoms with van der Waals surface area (Å²) < 4.78 is 5.06. The van der Waals surface area contributed by atoms with Gasteiger partial charge in [0.25, 0.3) is 5.91 Å². The Labute approximate surface area is 146 Å². The van der Waals surface area contributed by atoms with Gasteiger partial charge in [0.15, 0.2) is 0 Å². The molecule has 0 bridgehead atoms. The second-order valence-corrected chi connectivity index (χ2v) is 5.31. The maximum absolute atomic E-state index is 12.1. The summed E-state index contributed by atoms with van der Waals surface area (Å²) in [5.74, 6) is 0.328. The molecule has 0 atom stereocenters. The first-order chi connectivity index (χ1) is 12.0. The maximum Gasteiger partial charge on any atom is 0.251 e. The Balaban J connectivity index is 1.95. The van der Waals surface area contributed by atoms with Crippen LogP contribution in [-0.2, 0) is 4.79 Å². The fourth-order valence-electron chi connectivity index (χ4n) is 2.31. The Hall–Kier alpha value is -3.33. The maximum atomic E-state index is 12.1. The number of carbonyl (C=O) groups excluding carboxylic acids is 2. The molecule has 0 saturated heterocycles. The van der Waals surface area contributed by atoms with Crippen molar-refractivity contribution in [3.63, 3.8) is 0 Å². The highest BCUT2D eigenvalue weighted by atomic mass is 16.5. The van der Waals surface area contributed by atoms with Crippen LogP contribution in [0.5, 0.6) is 5.75 Å². The van der Waals surface area contributed by atoms with Gasteiger partial charge in [-0.15, -0.1) is 0 Å². The van der Waals surface area contributed by atoms with E-state index in [4.69, 9.17) is 10.00 Å². The number of hydrogen-bond acceptors (Lipinski definition) is 4. The largest absolute Gasteiger partial charge is 0.497 e.